The standard InChI is InChI=1S/C14H13BrN4/c1-19-14(11(15)8-18-19)13(16)10-6-7-17-12-5-3-2-4-9(10)12/h2-8,13H,16H2,1H3. The Bertz CT molecular complexity index is 710. The summed E-state index contributed by atoms with van der Waals surface area (Å²) in [4.78, 5) is 4.36. The molecule has 0 spiro atoms. The Kier molecular flexibility index (Phi) is 3.08. The van der Waals surface area contributed by atoms with E-state index in [4.69, 9.17) is 5.73 Å². The van der Waals surface area contributed by atoms with Crippen LogP contribution in [0.15, 0.2) is 47.2 Å². The number of fused-ring (bicyclic) bond motifs is 1. The van der Waals surface area contributed by atoms with Crippen LogP contribution in [0.2, 0.25) is 0 Å². The van der Waals surface area contributed by atoms with E-state index in [1.165, 1.54) is 0 Å². The topological polar surface area (TPSA) is 56.7 Å². The van der Waals surface area contributed by atoms with E-state index in [-0.39, 0.29) is 6.04 Å². The summed E-state index contributed by atoms with van der Waals surface area (Å²) in [6.45, 7) is 0. The van der Waals surface area contributed by atoms with Crippen LogP contribution in [0.3, 0.4) is 0 Å². The summed E-state index contributed by atoms with van der Waals surface area (Å²) in [6.07, 6.45) is 3.56. The summed E-state index contributed by atoms with van der Waals surface area (Å²) in [5, 5.41) is 5.29. The van der Waals surface area contributed by atoms with Crippen LogP contribution in [0.1, 0.15) is 17.3 Å². The number of aryl methyl sites for hydroxylation is 1. The van der Waals surface area contributed by atoms with Gasteiger partial charge in [0.15, 0.2) is 0 Å². The van der Waals surface area contributed by atoms with Gasteiger partial charge in [-0.25, -0.2) is 0 Å². The molecule has 0 aliphatic rings. The molecule has 96 valence electrons. The highest BCUT2D eigenvalue weighted by atomic mass is 79.9. The van der Waals surface area contributed by atoms with Gasteiger partial charge in [0.25, 0.3) is 0 Å². The van der Waals surface area contributed by atoms with Crippen LogP contribution in [-0.4, -0.2) is 14.8 Å². The first-order valence-corrected chi connectivity index (χ1v) is 6.74. The van der Waals surface area contributed by atoms with Crippen molar-refractivity contribution in [1.82, 2.24) is 14.8 Å². The summed E-state index contributed by atoms with van der Waals surface area (Å²) in [7, 11) is 1.89. The van der Waals surface area contributed by atoms with Crippen molar-refractivity contribution >= 4 is 26.8 Å². The van der Waals surface area contributed by atoms with Crippen molar-refractivity contribution in [2.45, 2.75) is 6.04 Å². The molecule has 0 bridgehead atoms. The number of para-hydroxylation sites is 1. The van der Waals surface area contributed by atoms with Crippen molar-refractivity contribution in [3.8, 4) is 0 Å². The zero-order valence-corrected chi connectivity index (χ0v) is 12.0. The average Bonchev–Trinajstić information content (AvgIpc) is 2.77. The first-order valence-electron chi connectivity index (χ1n) is 5.95. The molecule has 1 unspecified atom stereocenters. The molecule has 5 heteroatoms. The monoisotopic (exact) mass is 316 g/mol. The van der Waals surface area contributed by atoms with E-state index in [9.17, 15) is 0 Å². The second-order valence-electron chi connectivity index (χ2n) is 4.40. The number of benzene rings is 1. The summed E-state index contributed by atoms with van der Waals surface area (Å²) >= 11 is 3.50. The van der Waals surface area contributed by atoms with E-state index in [1.54, 1.807) is 17.1 Å². The number of halogens is 1. The number of rotatable bonds is 2. The molecule has 1 aromatic carbocycles. The molecule has 2 heterocycles. The quantitative estimate of drug-likeness (QED) is 0.791. The van der Waals surface area contributed by atoms with Crippen LogP contribution in [0.5, 0.6) is 0 Å². The van der Waals surface area contributed by atoms with Gasteiger partial charge in [-0.3, -0.25) is 9.67 Å². The fourth-order valence-corrected chi connectivity index (χ4v) is 2.90. The van der Waals surface area contributed by atoms with Gasteiger partial charge in [0.05, 0.1) is 27.9 Å². The summed E-state index contributed by atoms with van der Waals surface area (Å²) in [6, 6.07) is 9.73. The maximum Gasteiger partial charge on any atom is 0.0741 e. The fourth-order valence-electron chi connectivity index (χ4n) is 2.31. The molecule has 0 saturated heterocycles. The van der Waals surface area contributed by atoms with E-state index >= 15 is 0 Å². The number of aromatic nitrogens is 3. The first-order chi connectivity index (χ1) is 9.18. The average molecular weight is 317 g/mol. The normalized spacial score (nSPS) is 12.8. The molecule has 2 N–H and O–H groups in total. The van der Waals surface area contributed by atoms with E-state index in [1.807, 2.05) is 37.4 Å². The Hall–Kier alpha value is -1.72. The van der Waals surface area contributed by atoms with Crippen molar-refractivity contribution in [1.29, 1.82) is 0 Å². The van der Waals surface area contributed by atoms with Crippen LogP contribution in [0.25, 0.3) is 10.9 Å². The lowest BCUT2D eigenvalue weighted by Gasteiger charge is -2.15. The Morgan fingerprint density at radius 2 is 2.05 bits per heavy atom. The molecule has 0 aliphatic carbocycles. The van der Waals surface area contributed by atoms with Gasteiger partial charge in [0, 0.05) is 18.6 Å². The number of hydrogen-bond donors (Lipinski definition) is 1. The summed E-state index contributed by atoms with van der Waals surface area (Å²) in [5.41, 5.74) is 9.37. The predicted octanol–water partition coefficient (Wildman–Crippen LogP) is 2.78. The lowest BCUT2D eigenvalue weighted by Crippen LogP contribution is -2.17. The molecule has 19 heavy (non-hydrogen) atoms. The first kappa shape index (κ1) is 12.3. The van der Waals surface area contributed by atoms with Crippen LogP contribution >= 0.6 is 15.9 Å². The van der Waals surface area contributed by atoms with Crippen LogP contribution in [0.4, 0.5) is 0 Å². The number of nitrogens with two attached hydrogens (primary N) is 1. The largest absolute Gasteiger partial charge is 0.319 e. The maximum atomic E-state index is 6.41. The van der Waals surface area contributed by atoms with Crippen molar-refractivity contribution in [3.05, 3.63) is 58.5 Å². The van der Waals surface area contributed by atoms with Crippen LogP contribution in [-0.2, 0) is 7.05 Å². The number of hydrogen-bond acceptors (Lipinski definition) is 3. The van der Waals surface area contributed by atoms with E-state index in [0.29, 0.717) is 0 Å². The highest BCUT2D eigenvalue weighted by Crippen LogP contribution is 2.29. The van der Waals surface area contributed by atoms with E-state index in [2.05, 4.69) is 26.0 Å². The minimum atomic E-state index is -0.241. The van der Waals surface area contributed by atoms with E-state index < -0.39 is 0 Å². The third kappa shape index (κ3) is 2.05. The molecule has 0 fully saturated rings. The highest BCUT2D eigenvalue weighted by molar-refractivity contribution is 9.10. The molecule has 1 atom stereocenters. The molecule has 0 amide bonds. The number of nitrogens with zero attached hydrogens (tertiary/aromatic N) is 3. The molecular formula is C14H13BrN4. The zero-order chi connectivity index (χ0) is 13.4. The molecule has 0 radical (unpaired) electrons. The second-order valence-corrected chi connectivity index (χ2v) is 5.25. The molecule has 0 aliphatic heterocycles. The van der Waals surface area contributed by atoms with E-state index in [0.717, 1.165) is 26.6 Å². The lowest BCUT2D eigenvalue weighted by molar-refractivity contribution is 0.673. The number of pyridine rings is 1. The highest BCUT2D eigenvalue weighted by Gasteiger charge is 2.18. The van der Waals surface area contributed by atoms with Crippen molar-refractivity contribution in [2.24, 2.45) is 12.8 Å². The van der Waals surface area contributed by atoms with Gasteiger partial charge in [-0.1, -0.05) is 18.2 Å². The van der Waals surface area contributed by atoms with Gasteiger partial charge in [0.1, 0.15) is 0 Å². The Labute approximate surface area is 119 Å². The second kappa shape index (κ2) is 4.75. The summed E-state index contributed by atoms with van der Waals surface area (Å²) in [5.74, 6) is 0. The van der Waals surface area contributed by atoms with Crippen molar-refractivity contribution in [2.75, 3.05) is 0 Å². The minimum absolute atomic E-state index is 0.241. The van der Waals surface area contributed by atoms with Gasteiger partial charge in [-0.2, -0.15) is 5.10 Å². The molecular weight excluding hydrogens is 304 g/mol. The molecule has 3 aromatic rings. The van der Waals surface area contributed by atoms with Crippen molar-refractivity contribution < 1.29 is 0 Å². The van der Waals surface area contributed by atoms with Gasteiger partial charge < -0.3 is 5.73 Å². The molecule has 2 aromatic heterocycles. The van der Waals surface area contributed by atoms with Gasteiger partial charge in [0.2, 0.25) is 0 Å². The lowest BCUT2D eigenvalue weighted by atomic mass is 10.0. The smallest absolute Gasteiger partial charge is 0.0741 e. The van der Waals surface area contributed by atoms with Crippen LogP contribution < -0.4 is 5.73 Å². The predicted molar refractivity (Wildman–Crippen MR) is 78.7 cm³/mol. The minimum Gasteiger partial charge on any atom is -0.319 e. The fraction of sp³-hybridized carbons (Fsp3) is 0.143. The Balaban J connectivity index is 2.20. The van der Waals surface area contributed by atoms with Gasteiger partial charge in [-0.15, -0.1) is 0 Å². The van der Waals surface area contributed by atoms with Gasteiger partial charge in [-0.05, 0) is 33.6 Å². The summed E-state index contributed by atoms with van der Waals surface area (Å²) < 4.78 is 2.72. The molecule has 3 rings (SSSR count). The van der Waals surface area contributed by atoms with Crippen molar-refractivity contribution in [3.63, 3.8) is 0 Å². The maximum absolute atomic E-state index is 6.41. The Morgan fingerprint density at radius 3 is 2.79 bits per heavy atom. The van der Waals surface area contributed by atoms with Gasteiger partial charge >= 0.3 is 0 Å². The molecule has 0 saturated carbocycles. The SMILES string of the molecule is Cn1ncc(Br)c1C(N)c1ccnc2ccccc12. The molecule has 4 nitrogen and oxygen atoms in total. The van der Waals surface area contributed by atoms with Crippen LogP contribution in [0, 0.1) is 0 Å². The third-order valence-corrected chi connectivity index (χ3v) is 3.86. The third-order valence-electron chi connectivity index (χ3n) is 3.25. The Morgan fingerprint density at radius 1 is 1.26 bits per heavy atom. The zero-order valence-electron chi connectivity index (χ0n) is 10.4.